The molecule has 2 fully saturated rings. The summed E-state index contributed by atoms with van der Waals surface area (Å²) in [6, 6.07) is 4.14. The maximum Gasteiger partial charge on any atom is 0.310 e. The predicted molar refractivity (Wildman–Crippen MR) is 93.7 cm³/mol. The van der Waals surface area contributed by atoms with Crippen LogP contribution >= 0.6 is 15.9 Å². The number of nitrogens with zero attached hydrogens (tertiary/aromatic N) is 1. The largest absolute Gasteiger partial charge is 0.466 e. The molecule has 0 saturated carbocycles. The van der Waals surface area contributed by atoms with Crippen molar-refractivity contribution in [1.29, 1.82) is 0 Å². The van der Waals surface area contributed by atoms with Crippen LogP contribution in [0, 0.1) is 12.8 Å². The molecule has 3 unspecified atom stereocenters. The molecule has 128 valence electrons. The highest BCUT2D eigenvalue weighted by atomic mass is 79.9. The number of hydrogen-bond donors (Lipinski definition) is 1. The normalized spacial score (nSPS) is 31.2. The maximum atomic E-state index is 13.1. The van der Waals surface area contributed by atoms with E-state index in [0.717, 1.165) is 40.7 Å². The topological polar surface area (TPSA) is 58.6 Å². The molecule has 0 bridgehead atoms. The minimum atomic E-state index is -0.734. The maximum absolute atomic E-state index is 13.1. The zero-order valence-corrected chi connectivity index (χ0v) is 15.5. The van der Waals surface area contributed by atoms with Gasteiger partial charge in [0.15, 0.2) is 0 Å². The standard InChI is InChI=1S/C18H21BrN2O3/c1-3-24-16(22)12-9-18(21-6-4-5-14(12)21)13-8-11(19)7-10(2)15(13)20-17(18)23/h7-8,12,14H,3-6,9H2,1-2H3,(H,20,23). The van der Waals surface area contributed by atoms with Crippen LogP contribution in [0.1, 0.15) is 37.3 Å². The summed E-state index contributed by atoms with van der Waals surface area (Å²) in [5.41, 5.74) is 2.21. The van der Waals surface area contributed by atoms with Gasteiger partial charge in [0.25, 0.3) is 0 Å². The molecular weight excluding hydrogens is 372 g/mol. The van der Waals surface area contributed by atoms with Gasteiger partial charge in [0.05, 0.1) is 12.5 Å². The lowest BCUT2D eigenvalue weighted by atomic mass is 9.84. The summed E-state index contributed by atoms with van der Waals surface area (Å²) in [5.74, 6) is -0.403. The lowest BCUT2D eigenvalue weighted by Gasteiger charge is -2.32. The second kappa shape index (κ2) is 5.56. The third kappa shape index (κ3) is 2.02. The second-order valence-corrected chi connectivity index (χ2v) is 7.84. The molecule has 1 spiro atoms. The number of esters is 1. The van der Waals surface area contributed by atoms with Crippen LogP contribution in [0.2, 0.25) is 0 Å². The van der Waals surface area contributed by atoms with Crippen molar-refractivity contribution in [3.63, 3.8) is 0 Å². The third-order valence-corrected chi connectivity index (χ3v) is 6.18. The van der Waals surface area contributed by atoms with Crippen LogP contribution in [0.15, 0.2) is 16.6 Å². The number of ether oxygens (including phenoxy) is 1. The van der Waals surface area contributed by atoms with Crippen LogP contribution in [0.25, 0.3) is 0 Å². The number of benzene rings is 1. The molecule has 5 nitrogen and oxygen atoms in total. The Bertz CT molecular complexity index is 735. The van der Waals surface area contributed by atoms with E-state index in [1.807, 2.05) is 26.0 Å². The fraction of sp³-hybridized carbons (Fsp3) is 0.556. The molecule has 3 atom stereocenters. The minimum Gasteiger partial charge on any atom is -0.466 e. The Morgan fingerprint density at radius 2 is 2.29 bits per heavy atom. The van der Waals surface area contributed by atoms with Crippen molar-refractivity contribution in [3.05, 3.63) is 27.7 Å². The first-order chi connectivity index (χ1) is 11.5. The summed E-state index contributed by atoms with van der Waals surface area (Å²) in [6.45, 7) is 5.05. The number of carbonyl (C=O) groups excluding carboxylic acids is 2. The summed E-state index contributed by atoms with van der Waals surface area (Å²) in [4.78, 5) is 27.8. The molecule has 1 aromatic carbocycles. The molecule has 1 amide bonds. The molecule has 1 aromatic rings. The molecule has 6 heteroatoms. The van der Waals surface area contributed by atoms with E-state index in [1.165, 1.54) is 0 Å². The summed E-state index contributed by atoms with van der Waals surface area (Å²) >= 11 is 3.56. The van der Waals surface area contributed by atoms with E-state index in [1.54, 1.807) is 0 Å². The van der Waals surface area contributed by atoms with Gasteiger partial charge in [-0.1, -0.05) is 15.9 Å². The SMILES string of the molecule is CCOC(=O)C1CC2(C(=O)Nc3c(C)cc(Br)cc32)N2CCCC12. The van der Waals surface area contributed by atoms with Gasteiger partial charge < -0.3 is 10.1 Å². The Morgan fingerprint density at radius 3 is 3.04 bits per heavy atom. The van der Waals surface area contributed by atoms with Gasteiger partial charge in [0.2, 0.25) is 5.91 Å². The Balaban J connectivity index is 1.84. The number of aryl methyl sites for hydroxylation is 1. The third-order valence-electron chi connectivity index (χ3n) is 5.72. The molecule has 3 aliphatic heterocycles. The second-order valence-electron chi connectivity index (χ2n) is 6.93. The quantitative estimate of drug-likeness (QED) is 0.785. The Kier molecular flexibility index (Phi) is 3.73. The molecule has 24 heavy (non-hydrogen) atoms. The monoisotopic (exact) mass is 392 g/mol. The zero-order valence-electron chi connectivity index (χ0n) is 13.9. The molecule has 2 saturated heterocycles. The van der Waals surface area contributed by atoms with Crippen molar-refractivity contribution in [2.75, 3.05) is 18.5 Å². The van der Waals surface area contributed by atoms with Crippen LogP contribution in [0.4, 0.5) is 5.69 Å². The number of fused-ring (bicyclic) bond motifs is 4. The molecule has 0 aliphatic carbocycles. The average molecular weight is 393 g/mol. The van der Waals surface area contributed by atoms with Crippen LogP contribution < -0.4 is 5.32 Å². The van der Waals surface area contributed by atoms with Crippen LogP contribution in [0.5, 0.6) is 0 Å². The minimum absolute atomic E-state index is 0.00241. The number of amides is 1. The molecule has 3 heterocycles. The number of anilines is 1. The predicted octanol–water partition coefficient (Wildman–Crippen LogP) is 2.95. The van der Waals surface area contributed by atoms with Crippen molar-refractivity contribution >= 4 is 33.5 Å². The fourth-order valence-electron chi connectivity index (χ4n) is 4.81. The fourth-order valence-corrected chi connectivity index (χ4v) is 5.38. The van der Waals surface area contributed by atoms with E-state index in [0.29, 0.717) is 13.0 Å². The Labute approximate surface area is 149 Å². The van der Waals surface area contributed by atoms with E-state index in [4.69, 9.17) is 4.74 Å². The van der Waals surface area contributed by atoms with Crippen molar-refractivity contribution in [3.8, 4) is 0 Å². The van der Waals surface area contributed by atoms with Gasteiger partial charge in [0, 0.05) is 21.8 Å². The lowest BCUT2D eigenvalue weighted by molar-refractivity contribution is -0.148. The van der Waals surface area contributed by atoms with Gasteiger partial charge in [-0.2, -0.15) is 0 Å². The first kappa shape index (κ1) is 16.1. The van der Waals surface area contributed by atoms with E-state index < -0.39 is 5.54 Å². The highest BCUT2D eigenvalue weighted by Crippen LogP contribution is 2.55. The van der Waals surface area contributed by atoms with E-state index >= 15 is 0 Å². The summed E-state index contributed by atoms with van der Waals surface area (Å²) in [7, 11) is 0. The van der Waals surface area contributed by atoms with Gasteiger partial charge in [-0.25, -0.2) is 0 Å². The smallest absolute Gasteiger partial charge is 0.310 e. The highest BCUT2D eigenvalue weighted by Gasteiger charge is 2.63. The van der Waals surface area contributed by atoms with Gasteiger partial charge in [-0.05, 0) is 57.4 Å². The van der Waals surface area contributed by atoms with Gasteiger partial charge in [0.1, 0.15) is 5.54 Å². The van der Waals surface area contributed by atoms with Crippen LogP contribution in [-0.2, 0) is 19.9 Å². The number of halogens is 1. The van der Waals surface area contributed by atoms with Crippen LogP contribution in [-0.4, -0.2) is 36.0 Å². The number of nitrogens with one attached hydrogen (secondary N) is 1. The summed E-state index contributed by atoms with van der Waals surface area (Å²) in [6.07, 6.45) is 2.46. The molecular formula is C18H21BrN2O3. The first-order valence-corrected chi connectivity index (χ1v) is 9.33. The highest BCUT2D eigenvalue weighted by molar-refractivity contribution is 9.10. The lowest BCUT2D eigenvalue weighted by Crippen LogP contribution is -2.47. The van der Waals surface area contributed by atoms with E-state index in [9.17, 15) is 9.59 Å². The number of rotatable bonds is 2. The van der Waals surface area contributed by atoms with Crippen molar-refractivity contribution < 1.29 is 14.3 Å². The molecule has 0 aromatic heterocycles. The van der Waals surface area contributed by atoms with Crippen LogP contribution in [0.3, 0.4) is 0 Å². The Hall–Kier alpha value is -1.40. The zero-order chi connectivity index (χ0) is 17.1. The summed E-state index contributed by atoms with van der Waals surface area (Å²) < 4.78 is 6.26. The average Bonchev–Trinajstić information content (AvgIpc) is 3.17. The molecule has 0 radical (unpaired) electrons. The van der Waals surface area contributed by atoms with E-state index in [-0.39, 0.29) is 23.8 Å². The summed E-state index contributed by atoms with van der Waals surface area (Å²) in [5, 5.41) is 3.08. The van der Waals surface area contributed by atoms with Gasteiger partial charge in [-0.15, -0.1) is 0 Å². The van der Waals surface area contributed by atoms with Gasteiger partial charge in [-0.3, -0.25) is 14.5 Å². The molecule has 1 N–H and O–H groups in total. The van der Waals surface area contributed by atoms with Crippen molar-refractivity contribution in [2.45, 2.75) is 44.7 Å². The van der Waals surface area contributed by atoms with Crippen molar-refractivity contribution in [2.24, 2.45) is 5.92 Å². The van der Waals surface area contributed by atoms with Gasteiger partial charge >= 0.3 is 5.97 Å². The Morgan fingerprint density at radius 1 is 1.50 bits per heavy atom. The molecule has 4 rings (SSSR count). The van der Waals surface area contributed by atoms with Crippen molar-refractivity contribution in [1.82, 2.24) is 4.90 Å². The number of carbonyl (C=O) groups is 2. The number of hydrogen-bond acceptors (Lipinski definition) is 4. The molecule has 3 aliphatic rings. The first-order valence-electron chi connectivity index (χ1n) is 8.54. The van der Waals surface area contributed by atoms with E-state index in [2.05, 4.69) is 26.1 Å².